The van der Waals surface area contributed by atoms with E-state index in [4.69, 9.17) is 10.3 Å². The van der Waals surface area contributed by atoms with Gasteiger partial charge >= 0.3 is 0 Å². The van der Waals surface area contributed by atoms with Crippen LogP contribution in [0.4, 0.5) is 5.69 Å². The predicted octanol–water partition coefficient (Wildman–Crippen LogP) is 1.98. The standard InChI is InChI=1S/C28H42IN5O8/c1-28(2,3)10-9-20(35)22(37)23(38)24(42-4)26(40)32-18-8-5-6-12-34(27(18)41)13-7-11-31-25(39)16-14-17(29)19(33-30)15-21(16)36/h9-10,14-15,18,20,22-24,30,35-38H,5-8,11-13H2,1-4H3,(H,31,39)(H,32,40)/b10-9+,33-30?/t18-,20+,22-,23+,24+/m0/s1. The number of amides is 3. The Bertz CT molecular complexity index is 1140. The van der Waals surface area contributed by atoms with Crippen molar-refractivity contribution >= 4 is 46.0 Å². The summed E-state index contributed by atoms with van der Waals surface area (Å²) in [7, 11) is 1.19. The lowest BCUT2D eigenvalue weighted by atomic mass is 9.94. The first kappa shape index (κ1) is 35.5. The number of phenols is 1. The van der Waals surface area contributed by atoms with Crippen LogP contribution in [-0.4, -0.2) is 100 Å². The maximum atomic E-state index is 13.2. The molecule has 13 nitrogen and oxygen atoms in total. The zero-order valence-corrected chi connectivity index (χ0v) is 26.5. The summed E-state index contributed by atoms with van der Waals surface area (Å²) < 4.78 is 5.68. The number of aliphatic hydroxyl groups is 3. The summed E-state index contributed by atoms with van der Waals surface area (Å²) in [5, 5.41) is 50.0. The third-order valence-electron chi connectivity index (χ3n) is 6.73. The van der Waals surface area contributed by atoms with E-state index in [1.54, 1.807) is 11.0 Å². The Morgan fingerprint density at radius 2 is 1.93 bits per heavy atom. The van der Waals surface area contributed by atoms with Crippen LogP contribution in [0, 0.1) is 14.5 Å². The zero-order chi connectivity index (χ0) is 31.6. The number of hydrogen-bond acceptors (Lipinski definition) is 10. The van der Waals surface area contributed by atoms with E-state index in [1.165, 1.54) is 25.3 Å². The fourth-order valence-electron chi connectivity index (χ4n) is 4.38. The molecule has 1 aliphatic rings. The van der Waals surface area contributed by atoms with Gasteiger partial charge in [0.05, 0.1) is 5.56 Å². The van der Waals surface area contributed by atoms with Crippen LogP contribution in [-0.2, 0) is 14.3 Å². The maximum absolute atomic E-state index is 13.2. The number of phenolic OH excluding ortho intramolecular Hbond substituents is 1. The Balaban J connectivity index is 1.95. The molecule has 2 rings (SSSR count). The van der Waals surface area contributed by atoms with E-state index in [-0.39, 0.29) is 34.9 Å². The Morgan fingerprint density at radius 1 is 1.24 bits per heavy atom. The van der Waals surface area contributed by atoms with Crippen LogP contribution in [0.1, 0.15) is 56.8 Å². The van der Waals surface area contributed by atoms with Gasteiger partial charge in [-0.05, 0) is 59.8 Å². The van der Waals surface area contributed by atoms with Gasteiger partial charge in [-0.3, -0.25) is 14.4 Å². The van der Waals surface area contributed by atoms with Crippen LogP contribution in [0.3, 0.4) is 0 Å². The number of ether oxygens (including phenoxy) is 1. The van der Waals surface area contributed by atoms with Crippen LogP contribution >= 0.6 is 22.6 Å². The highest BCUT2D eigenvalue weighted by Crippen LogP contribution is 2.29. The normalized spacial score (nSPS) is 19.1. The van der Waals surface area contributed by atoms with Gasteiger partial charge in [0.1, 0.15) is 35.8 Å². The van der Waals surface area contributed by atoms with Crippen LogP contribution in [0.2, 0.25) is 0 Å². The van der Waals surface area contributed by atoms with Gasteiger partial charge in [0.25, 0.3) is 11.8 Å². The van der Waals surface area contributed by atoms with Crippen LogP contribution in [0.15, 0.2) is 29.4 Å². The lowest BCUT2D eigenvalue weighted by molar-refractivity contribution is -0.151. The van der Waals surface area contributed by atoms with Gasteiger partial charge in [0.15, 0.2) is 6.10 Å². The van der Waals surface area contributed by atoms with Crippen molar-refractivity contribution in [3.8, 4) is 5.75 Å². The Morgan fingerprint density at radius 3 is 2.55 bits per heavy atom. The second-order valence-electron chi connectivity index (χ2n) is 11.3. The van der Waals surface area contributed by atoms with Gasteiger partial charge in [-0.1, -0.05) is 32.9 Å². The van der Waals surface area contributed by atoms with Crippen molar-refractivity contribution in [3.63, 3.8) is 0 Å². The fourth-order valence-corrected chi connectivity index (χ4v) is 4.97. The zero-order valence-electron chi connectivity index (χ0n) is 24.3. The molecule has 0 aromatic heterocycles. The number of aromatic hydroxyl groups is 1. The molecule has 0 saturated carbocycles. The van der Waals surface area contributed by atoms with Crippen molar-refractivity contribution in [1.29, 1.82) is 5.53 Å². The van der Waals surface area contributed by atoms with Gasteiger partial charge in [-0.2, -0.15) is 5.11 Å². The molecule has 1 aromatic rings. The van der Waals surface area contributed by atoms with Crippen LogP contribution in [0.5, 0.6) is 5.75 Å². The highest BCUT2D eigenvalue weighted by Gasteiger charge is 2.37. The average Bonchev–Trinajstić information content (AvgIpc) is 3.10. The molecule has 234 valence electrons. The number of nitrogens with one attached hydrogen (secondary N) is 3. The van der Waals surface area contributed by atoms with Gasteiger partial charge in [-0.15, -0.1) is 0 Å². The highest BCUT2D eigenvalue weighted by molar-refractivity contribution is 14.1. The molecule has 0 bridgehead atoms. The monoisotopic (exact) mass is 703 g/mol. The second kappa shape index (κ2) is 16.3. The summed E-state index contributed by atoms with van der Waals surface area (Å²) in [6.45, 7) is 6.71. The van der Waals surface area contributed by atoms with Crippen LogP contribution < -0.4 is 10.6 Å². The molecule has 14 heteroatoms. The lowest BCUT2D eigenvalue weighted by Gasteiger charge is -2.29. The number of halogens is 1. The smallest absolute Gasteiger partial charge is 0.255 e. The molecule has 0 aliphatic carbocycles. The first-order valence-electron chi connectivity index (χ1n) is 13.7. The van der Waals surface area contributed by atoms with Gasteiger partial charge in [0.2, 0.25) is 5.91 Å². The Hall–Kier alpha value is -2.66. The largest absolute Gasteiger partial charge is 0.507 e. The van der Waals surface area contributed by atoms with E-state index in [0.717, 1.165) is 0 Å². The number of methoxy groups -OCH3 is 1. The first-order valence-corrected chi connectivity index (χ1v) is 14.8. The van der Waals surface area contributed by atoms with Gasteiger partial charge in [0, 0.05) is 36.4 Å². The van der Waals surface area contributed by atoms with E-state index in [0.29, 0.717) is 42.3 Å². The predicted molar refractivity (Wildman–Crippen MR) is 162 cm³/mol. The summed E-state index contributed by atoms with van der Waals surface area (Å²) in [6.07, 6.45) is -1.22. The molecule has 42 heavy (non-hydrogen) atoms. The summed E-state index contributed by atoms with van der Waals surface area (Å²) in [5.74, 6) is -1.89. The van der Waals surface area contributed by atoms with Gasteiger partial charge < -0.3 is 40.7 Å². The number of nitrogens with zero attached hydrogens (tertiary/aromatic N) is 2. The molecule has 1 aromatic carbocycles. The number of carbonyl (C=O) groups is 3. The van der Waals surface area contributed by atoms with Crippen molar-refractivity contribution in [2.75, 3.05) is 26.7 Å². The summed E-state index contributed by atoms with van der Waals surface area (Å²) in [4.78, 5) is 40.4. The maximum Gasteiger partial charge on any atom is 0.255 e. The minimum atomic E-state index is -1.75. The highest BCUT2D eigenvalue weighted by atomic mass is 127. The number of likely N-dealkylation sites (tertiary alicyclic amines) is 1. The average molecular weight is 704 g/mol. The number of rotatable bonds is 13. The SMILES string of the molecule is CO[C@@H](C(=O)N[C@H]1CCCCN(CCCNC(=O)c2cc(I)c(N=N)cc2O)C1=O)[C@H](O)[C@@H](O)[C@H](O)/C=C/C(C)(C)C. The van der Waals surface area contributed by atoms with Crippen molar-refractivity contribution in [3.05, 3.63) is 33.4 Å². The van der Waals surface area contributed by atoms with Crippen molar-refractivity contribution in [2.24, 2.45) is 10.5 Å². The van der Waals surface area contributed by atoms with E-state index in [1.807, 2.05) is 43.4 Å². The Kier molecular flexibility index (Phi) is 13.8. The third-order valence-corrected chi connectivity index (χ3v) is 7.60. The van der Waals surface area contributed by atoms with Gasteiger partial charge in [-0.25, -0.2) is 5.53 Å². The molecule has 1 saturated heterocycles. The fraction of sp³-hybridized carbons (Fsp3) is 0.607. The molecule has 7 N–H and O–H groups in total. The molecule has 0 spiro atoms. The summed E-state index contributed by atoms with van der Waals surface area (Å²) in [5.41, 5.74) is 7.14. The van der Waals surface area contributed by atoms with E-state index in [9.17, 15) is 34.8 Å². The molecular formula is C28H42IN5O8. The summed E-state index contributed by atoms with van der Waals surface area (Å²) >= 11 is 1.92. The molecule has 0 radical (unpaired) electrons. The quantitative estimate of drug-likeness (QED) is 0.0699. The first-order chi connectivity index (χ1) is 19.7. The second-order valence-corrected chi connectivity index (χ2v) is 12.4. The number of aliphatic hydroxyl groups excluding tert-OH is 3. The van der Waals surface area contributed by atoms with Crippen molar-refractivity contribution < 1.29 is 39.5 Å². The van der Waals surface area contributed by atoms with E-state index in [2.05, 4.69) is 15.7 Å². The summed E-state index contributed by atoms with van der Waals surface area (Å²) in [6, 6.07) is 1.81. The minimum Gasteiger partial charge on any atom is -0.507 e. The van der Waals surface area contributed by atoms with Crippen molar-refractivity contribution in [1.82, 2.24) is 15.5 Å². The van der Waals surface area contributed by atoms with E-state index >= 15 is 0 Å². The van der Waals surface area contributed by atoms with E-state index < -0.39 is 42.3 Å². The minimum absolute atomic E-state index is 0.0539. The molecule has 0 unspecified atom stereocenters. The lowest BCUT2D eigenvalue weighted by Crippen LogP contribution is -2.56. The number of allylic oxidation sites excluding steroid dienone is 1. The third kappa shape index (κ3) is 10.3. The van der Waals surface area contributed by atoms with Crippen LogP contribution in [0.25, 0.3) is 0 Å². The molecular weight excluding hydrogens is 661 g/mol. The molecule has 1 heterocycles. The van der Waals surface area contributed by atoms with Crippen molar-refractivity contribution in [2.45, 2.75) is 76.9 Å². The molecule has 1 fully saturated rings. The number of hydrogen-bond donors (Lipinski definition) is 7. The molecule has 3 amide bonds. The topological polar surface area (TPSA) is 205 Å². The molecule has 1 aliphatic heterocycles. The number of carbonyl (C=O) groups excluding carboxylic acids is 3. The number of benzene rings is 1. The molecule has 5 atom stereocenters. The Labute approximate surface area is 259 Å².